The van der Waals surface area contributed by atoms with Crippen LogP contribution in [0, 0.1) is 0 Å². The van der Waals surface area contributed by atoms with E-state index in [1.807, 2.05) is 12.1 Å². The van der Waals surface area contributed by atoms with Gasteiger partial charge in [0, 0.05) is 19.5 Å². The molecule has 2 aliphatic rings. The summed E-state index contributed by atoms with van der Waals surface area (Å²) < 4.78 is 33.6. The average molecular weight is 424 g/mol. The number of aliphatic hydroxyl groups excluding tert-OH is 1. The predicted octanol–water partition coefficient (Wildman–Crippen LogP) is 0.668. The summed E-state index contributed by atoms with van der Waals surface area (Å²) >= 11 is 0. The van der Waals surface area contributed by atoms with Crippen molar-refractivity contribution in [1.29, 1.82) is 0 Å². The molecule has 9 nitrogen and oxygen atoms in total. The van der Waals surface area contributed by atoms with E-state index in [4.69, 9.17) is 9.84 Å². The van der Waals surface area contributed by atoms with Crippen molar-refractivity contribution in [1.82, 2.24) is 14.3 Å². The first-order chi connectivity index (χ1) is 14.1. The lowest BCUT2D eigenvalue weighted by molar-refractivity contribution is 0.220. The first-order valence-corrected chi connectivity index (χ1v) is 11.5. The highest BCUT2D eigenvalue weighted by molar-refractivity contribution is 7.89. The summed E-state index contributed by atoms with van der Waals surface area (Å²) in [6.45, 7) is 4.09. The number of hydrogen-bond donors (Lipinski definition) is 3. The molecule has 0 amide bonds. The molecule has 3 rings (SSSR count). The lowest BCUT2D eigenvalue weighted by Gasteiger charge is -2.26. The minimum absolute atomic E-state index is 0.107. The van der Waals surface area contributed by atoms with Gasteiger partial charge in [0.15, 0.2) is 11.7 Å². The second kappa shape index (κ2) is 10.6. The number of nitrogens with zero attached hydrogens (tertiary/aromatic N) is 3. The molecule has 3 N–H and O–H groups in total. The van der Waals surface area contributed by atoms with E-state index in [-0.39, 0.29) is 24.8 Å². The molecule has 0 aliphatic carbocycles. The molecule has 0 bridgehead atoms. The largest absolute Gasteiger partial charge is 0.494 e. The van der Waals surface area contributed by atoms with Crippen LogP contribution in [0.1, 0.15) is 31.2 Å². The van der Waals surface area contributed by atoms with Crippen LogP contribution in [-0.4, -0.2) is 69.5 Å². The van der Waals surface area contributed by atoms with Crippen LogP contribution >= 0.6 is 0 Å². The molecule has 160 valence electrons. The highest BCUT2D eigenvalue weighted by Crippen LogP contribution is 2.17. The fraction of sp³-hybridized carbons (Fsp3) is 0.579. The Morgan fingerprint density at radius 1 is 1.07 bits per heavy atom. The van der Waals surface area contributed by atoms with Crippen LogP contribution in [0.5, 0.6) is 5.75 Å². The van der Waals surface area contributed by atoms with Gasteiger partial charge in [-0.25, -0.2) is 9.44 Å². The normalized spacial score (nSPS) is 21.8. The predicted molar refractivity (Wildman–Crippen MR) is 113 cm³/mol. The zero-order valence-electron chi connectivity index (χ0n) is 16.5. The fourth-order valence-electron chi connectivity index (χ4n) is 3.31. The van der Waals surface area contributed by atoms with Crippen LogP contribution in [0.3, 0.4) is 0 Å². The van der Waals surface area contributed by atoms with Crippen molar-refractivity contribution in [2.45, 2.75) is 32.2 Å². The van der Waals surface area contributed by atoms with Gasteiger partial charge >= 0.3 is 10.2 Å². The van der Waals surface area contributed by atoms with Crippen LogP contribution < -0.4 is 14.2 Å². The topological polar surface area (TPSA) is 116 Å². The molecule has 0 radical (unpaired) electrons. The van der Waals surface area contributed by atoms with Gasteiger partial charge in [0.2, 0.25) is 0 Å². The third kappa shape index (κ3) is 6.98. The second-order valence-electron chi connectivity index (χ2n) is 7.08. The Morgan fingerprint density at radius 3 is 2.52 bits per heavy atom. The van der Waals surface area contributed by atoms with Crippen LogP contribution in [-0.2, 0) is 16.8 Å². The second-order valence-corrected chi connectivity index (χ2v) is 8.49. The zero-order valence-corrected chi connectivity index (χ0v) is 17.3. The van der Waals surface area contributed by atoms with Crippen molar-refractivity contribution in [3.8, 4) is 5.75 Å². The zero-order chi connectivity index (χ0) is 20.5. The number of ether oxygens (including phenoxy) is 1. The highest BCUT2D eigenvalue weighted by atomic mass is 32.2. The number of hydrogen-bond acceptors (Lipinski definition) is 7. The Hall–Kier alpha value is -2.17. The van der Waals surface area contributed by atoms with Crippen LogP contribution in [0.25, 0.3) is 0 Å². The number of rotatable bonds is 9. The number of aliphatic hydroxyl groups is 1. The minimum atomic E-state index is -3.66. The molecule has 29 heavy (non-hydrogen) atoms. The van der Waals surface area contributed by atoms with Crippen LogP contribution in [0.2, 0.25) is 0 Å². The average Bonchev–Trinajstić information content (AvgIpc) is 3.00. The van der Waals surface area contributed by atoms with Crippen molar-refractivity contribution in [2.24, 2.45) is 9.98 Å². The van der Waals surface area contributed by atoms with Crippen molar-refractivity contribution in [3.05, 3.63) is 29.8 Å². The van der Waals surface area contributed by atoms with E-state index in [9.17, 15) is 8.42 Å². The number of aliphatic imine (C=N–C) groups is 2. The molecular weight excluding hydrogens is 394 g/mol. The summed E-state index contributed by atoms with van der Waals surface area (Å²) in [6.07, 6.45) is 4.51. The van der Waals surface area contributed by atoms with Gasteiger partial charge in [-0.15, -0.1) is 0 Å². The SMILES string of the molecule is O=S1(=O)NC(=NCCO)C(=NCCCOc2cccc(CN3CCCCC3)c2)N1. The summed E-state index contributed by atoms with van der Waals surface area (Å²) in [5.41, 5.74) is 1.25. The maximum absolute atomic E-state index is 11.6. The standard InChI is InChI=1S/C19H29N5O4S/c25-12-9-21-19-18(22-29(26,27)23-19)20-8-5-13-28-17-7-4-6-16(14-17)15-24-10-2-1-3-11-24/h4,6-7,14,25H,1-3,5,8-13,15H2,(H,20,22)(H,21,23). The molecule has 2 fully saturated rings. The lowest BCUT2D eigenvalue weighted by Crippen LogP contribution is -2.29. The van der Waals surface area contributed by atoms with E-state index in [0.29, 0.717) is 19.6 Å². The van der Waals surface area contributed by atoms with Crippen molar-refractivity contribution < 1.29 is 18.3 Å². The molecule has 2 saturated heterocycles. The maximum Gasteiger partial charge on any atom is 0.324 e. The Kier molecular flexibility index (Phi) is 7.84. The smallest absolute Gasteiger partial charge is 0.324 e. The number of benzene rings is 1. The summed E-state index contributed by atoms with van der Waals surface area (Å²) in [5, 5.41) is 8.84. The Labute approximate surface area is 172 Å². The molecule has 10 heteroatoms. The molecule has 0 unspecified atom stereocenters. The molecule has 0 saturated carbocycles. The first kappa shape index (κ1) is 21.5. The summed E-state index contributed by atoms with van der Waals surface area (Å²) in [5.74, 6) is 1.13. The number of nitrogens with one attached hydrogen (secondary N) is 2. The molecule has 2 heterocycles. The van der Waals surface area contributed by atoms with Crippen molar-refractivity contribution in [3.63, 3.8) is 0 Å². The van der Waals surface area contributed by atoms with E-state index < -0.39 is 10.2 Å². The number of likely N-dealkylation sites (tertiary alicyclic amines) is 1. The van der Waals surface area contributed by atoms with Gasteiger partial charge < -0.3 is 9.84 Å². The quantitative estimate of drug-likeness (QED) is 0.505. The van der Waals surface area contributed by atoms with Crippen molar-refractivity contribution in [2.75, 3.05) is 39.4 Å². The number of amidine groups is 2. The van der Waals surface area contributed by atoms with Gasteiger partial charge in [0.1, 0.15) is 5.75 Å². The molecule has 1 aromatic carbocycles. The lowest BCUT2D eigenvalue weighted by atomic mass is 10.1. The summed E-state index contributed by atoms with van der Waals surface area (Å²) in [6, 6.07) is 8.16. The van der Waals surface area contributed by atoms with Crippen LogP contribution in [0.15, 0.2) is 34.3 Å². The Balaban J connectivity index is 1.45. The third-order valence-electron chi connectivity index (χ3n) is 4.65. The summed E-state index contributed by atoms with van der Waals surface area (Å²) in [4.78, 5) is 10.7. The maximum atomic E-state index is 11.6. The molecular formula is C19H29N5O4S. The number of piperidine rings is 1. The van der Waals surface area contributed by atoms with Crippen molar-refractivity contribution >= 4 is 21.9 Å². The van der Waals surface area contributed by atoms with Gasteiger partial charge in [-0.3, -0.25) is 14.9 Å². The minimum Gasteiger partial charge on any atom is -0.494 e. The third-order valence-corrected chi connectivity index (χ3v) is 5.57. The van der Waals surface area contributed by atoms with Gasteiger partial charge in [0.25, 0.3) is 0 Å². The van der Waals surface area contributed by atoms with E-state index in [1.54, 1.807) is 0 Å². The Bertz CT molecular complexity index is 835. The van der Waals surface area contributed by atoms with Gasteiger partial charge in [-0.05, 0) is 43.6 Å². The molecule has 2 aliphatic heterocycles. The van der Waals surface area contributed by atoms with E-state index in [0.717, 1.165) is 25.4 Å². The summed E-state index contributed by atoms with van der Waals surface area (Å²) in [7, 11) is -3.66. The molecule has 1 aromatic rings. The molecule has 0 atom stereocenters. The van der Waals surface area contributed by atoms with Gasteiger partial charge in [0.05, 0.1) is 19.8 Å². The van der Waals surface area contributed by atoms with E-state index in [1.165, 1.54) is 24.8 Å². The Morgan fingerprint density at radius 2 is 1.79 bits per heavy atom. The van der Waals surface area contributed by atoms with E-state index >= 15 is 0 Å². The van der Waals surface area contributed by atoms with Gasteiger partial charge in [-0.1, -0.05) is 18.6 Å². The van der Waals surface area contributed by atoms with E-state index in [2.05, 4.69) is 36.5 Å². The highest BCUT2D eigenvalue weighted by Gasteiger charge is 2.27. The van der Waals surface area contributed by atoms with Crippen LogP contribution in [0.4, 0.5) is 0 Å². The monoisotopic (exact) mass is 423 g/mol. The first-order valence-electron chi connectivity index (χ1n) is 10.0. The van der Waals surface area contributed by atoms with Gasteiger partial charge in [-0.2, -0.15) is 8.42 Å². The molecule has 0 aromatic heterocycles. The fourth-order valence-corrected chi connectivity index (χ4v) is 4.19. The molecule has 0 spiro atoms.